The topological polar surface area (TPSA) is 92.7 Å². The quantitative estimate of drug-likeness (QED) is 0.609. The van der Waals surface area contributed by atoms with Gasteiger partial charge < -0.3 is 9.84 Å². The second-order valence-corrected chi connectivity index (χ2v) is 5.79. The Morgan fingerprint density at radius 2 is 2.11 bits per heavy atom. The van der Waals surface area contributed by atoms with Gasteiger partial charge in [-0.25, -0.2) is 8.42 Å². The van der Waals surface area contributed by atoms with Gasteiger partial charge in [-0.05, 0) is 25.5 Å². The zero-order valence-corrected chi connectivity index (χ0v) is 11.7. The lowest BCUT2D eigenvalue weighted by atomic mass is 10.2. The summed E-state index contributed by atoms with van der Waals surface area (Å²) in [5.74, 6) is -1.08. The minimum atomic E-state index is -3.70. The smallest absolute Gasteiger partial charge is 0.306 e. The predicted molar refractivity (Wildman–Crippen MR) is 71.5 cm³/mol. The first-order chi connectivity index (χ1) is 8.85. The molecule has 106 valence electrons. The first-order valence-corrected chi connectivity index (χ1v) is 7.45. The molecule has 0 bridgehead atoms. The number of nitrogens with one attached hydrogen (secondary N) is 1. The van der Waals surface area contributed by atoms with E-state index in [-0.39, 0.29) is 30.2 Å². The third-order valence-corrected chi connectivity index (χ3v) is 3.66. The third kappa shape index (κ3) is 4.78. The van der Waals surface area contributed by atoms with E-state index in [1.165, 1.54) is 6.07 Å². The van der Waals surface area contributed by atoms with Gasteiger partial charge in [0.25, 0.3) is 0 Å². The number of phenols is 1. The number of hydrogen-bond acceptors (Lipinski definition) is 5. The van der Waals surface area contributed by atoms with Gasteiger partial charge in [0.1, 0.15) is 5.75 Å². The Kier molecular flexibility index (Phi) is 5.17. The van der Waals surface area contributed by atoms with Gasteiger partial charge >= 0.3 is 5.97 Å². The highest BCUT2D eigenvalue weighted by Gasteiger charge is 2.16. The van der Waals surface area contributed by atoms with E-state index in [0.717, 1.165) is 0 Å². The van der Waals surface area contributed by atoms with E-state index in [2.05, 4.69) is 9.46 Å². The van der Waals surface area contributed by atoms with Crippen molar-refractivity contribution >= 4 is 21.7 Å². The molecule has 0 aliphatic carbocycles. The van der Waals surface area contributed by atoms with E-state index in [1.54, 1.807) is 26.0 Å². The van der Waals surface area contributed by atoms with Gasteiger partial charge in [-0.2, -0.15) is 0 Å². The number of anilines is 1. The Morgan fingerprint density at radius 3 is 2.74 bits per heavy atom. The molecule has 0 unspecified atom stereocenters. The van der Waals surface area contributed by atoms with E-state index in [0.29, 0.717) is 5.56 Å². The molecule has 19 heavy (non-hydrogen) atoms. The summed E-state index contributed by atoms with van der Waals surface area (Å²) in [6, 6.07) is 4.73. The van der Waals surface area contributed by atoms with Gasteiger partial charge in [-0.15, -0.1) is 0 Å². The third-order valence-electron chi connectivity index (χ3n) is 2.38. The Labute approximate surface area is 112 Å². The Morgan fingerprint density at radius 1 is 1.42 bits per heavy atom. The van der Waals surface area contributed by atoms with E-state index in [1.807, 2.05) is 0 Å². The van der Waals surface area contributed by atoms with Crippen LogP contribution in [0.25, 0.3) is 0 Å². The summed E-state index contributed by atoms with van der Waals surface area (Å²) in [6.45, 7) is 3.52. The molecular formula is C12H17NO5S. The molecule has 0 saturated heterocycles. The number of sulfonamides is 1. The maximum Gasteiger partial charge on any atom is 0.306 e. The molecule has 0 saturated carbocycles. The van der Waals surface area contributed by atoms with Crippen LogP contribution in [0.15, 0.2) is 18.2 Å². The molecule has 7 heteroatoms. The van der Waals surface area contributed by atoms with Crippen LogP contribution in [-0.4, -0.2) is 31.9 Å². The Bertz CT molecular complexity index is 553. The van der Waals surface area contributed by atoms with Crippen molar-refractivity contribution in [3.63, 3.8) is 0 Å². The van der Waals surface area contributed by atoms with E-state index in [9.17, 15) is 18.3 Å². The number of aromatic hydroxyl groups is 1. The fourth-order valence-corrected chi connectivity index (χ4v) is 2.45. The molecule has 0 aliphatic heterocycles. The lowest BCUT2D eigenvalue weighted by molar-refractivity contribution is -0.142. The molecule has 0 aromatic heterocycles. The van der Waals surface area contributed by atoms with Crippen LogP contribution in [0.2, 0.25) is 0 Å². The summed E-state index contributed by atoms with van der Waals surface area (Å²) in [5, 5.41) is 9.70. The van der Waals surface area contributed by atoms with Crippen molar-refractivity contribution in [1.29, 1.82) is 0 Å². The van der Waals surface area contributed by atoms with Crippen molar-refractivity contribution in [3.8, 4) is 5.75 Å². The van der Waals surface area contributed by atoms with Gasteiger partial charge in [0.15, 0.2) is 0 Å². The van der Waals surface area contributed by atoms with Crippen molar-refractivity contribution in [1.82, 2.24) is 0 Å². The number of para-hydroxylation sites is 1. The van der Waals surface area contributed by atoms with Crippen LogP contribution in [0, 0.1) is 6.92 Å². The standard InChI is InChI=1S/C12H17NO5S/c1-3-18-11(14)7-8-19(16,17)13-10-6-4-5-9(2)12(10)15/h4-6,13,15H,3,7-8H2,1-2H3. The van der Waals surface area contributed by atoms with Gasteiger partial charge in [-0.3, -0.25) is 9.52 Å². The van der Waals surface area contributed by atoms with Crippen molar-refractivity contribution in [2.75, 3.05) is 17.1 Å². The monoisotopic (exact) mass is 287 g/mol. The van der Waals surface area contributed by atoms with Crippen LogP contribution in [0.3, 0.4) is 0 Å². The maximum absolute atomic E-state index is 11.7. The summed E-state index contributed by atoms with van der Waals surface area (Å²) >= 11 is 0. The second kappa shape index (κ2) is 6.42. The number of esters is 1. The summed E-state index contributed by atoms with van der Waals surface area (Å²) in [6.07, 6.45) is -0.226. The molecule has 0 heterocycles. The Balaban J connectivity index is 2.69. The molecule has 0 radical (unpaired) electrons. The molecule has 0 aliphatic rings. The average Bonchev–Trinajstić information content (AvgIpc) is 2.33. The van der Waals surface area contributed by atoms with Crippen LogP contribution in [0.5, 0.6) is 5.75 Å². The molecule has 1 aromatic carbocycles. The minimum absolute atomic E-state index is 0.101. The van der Waals surface area contributed by atoms with E-state index < -0.39 is 16.0 Å². The zero-order valence-electron chi connectivity index (χ0n) is 10.8. The fraction of sp³-hybridized carbons (Fsp3) is 0.417. The number of aryl methyl sites for hydroxylation is 1. The SMILES string of the molecule is CCOC(=O)CCS(=O)(=O)Nc1cccc(C)c1O. The van der Waals surface area contributed by atoms with Crippen molar-refractivity contribution in [2.45, 2.75) is 20.3 Å². The molecule has 1 aromatic rings. The minimum Gasteiger partial charge on any atom is -0.505 e. The molecule has 1 rings (SSSR count). The highest BCUT2D eigenvalue weighted by molar-refractivity contribution is 7.92. The lowest BCUT2D eigenvalue weighted by Gasteiger charge is -2.10. The first-order valence-electron chi connectivity index (χ1n) is 5.80. The number of benzene rings is 1. The Hall–Kier alpha value is -1.76. The highest BCUT2D eigenvalue weighted by atomic mass is 32.2. The van der Waals surface area contributed by atoms with Gasteiger partial charge in [0.2, 0.25) is 10.0 Å². The molecular weight excluding hydrogens is 270 g/mol. The molecule has 6 nitrogen and oxygen atoms in total. The van der Waals surface area contributed by atoms with Gasteiger partial charge in [0, 0.05) is 0 Å². The normalized spacial score (nSPS) is 11.1. The predicted octanol–water partition coefficient (Wildman–Crippen LogP) is 1.40. The van der Waals surface area contributed by atoms with Crippen LogP contribution < -0.4 is 4.72 Å². The summed E-state index contributed by atoms with van der Waals surface area (Å²) in [4.78, 5) is 11.1. The maximum atomic E-state index is 11.7. The molecule has 0 atom stereocenters. The first kappa shape index (κ1) is 15.3. The number of hydrogen-bond donors (Lipinski definition) is 2. The number of carbonyl (C=O) groups is 1. The van der Waals surface area contributed by atoms with E-state index >= 15 is 0 Å². The van der Waals surface area contributed by atoms with Crippen molar-refractivity contribution in [2.24, 2.45) is 0 Å². The van der Waals surface area contributed by atoms with E-state index in [4.69, 9.17) is 0 Å². The van der Waals surface area contributed by atoms with Crippen molar-refractivity contribution in [3.05, 3.63) is 23.8 Å². The second-order valence-electron chi connectivity index (χ2n) is 3.95. The number of rotatable bonds is 6. The fourth-order valence-electron chi connectivity index (χ4n) is 1.41. The zero-order chi connectivity index (χ0) is 14.5. The molecule has 0 amide bonds. The largest absolute Gasteiger partial charge is 0.505 e. The molecule has 2 N–H and O–H groups in total. The highest BCUT2D eigenvalue weighted by Crippen LogP contribution is 2.27. The summed E-state index contributed by atoms with van der Waals surface area (Å²) in [7, 11) is -3.70. The lowest BCUT2D eigenvalue weighted by Crippen LogP contribution is -2.20. The molecule has 0 fully saturated rings. The summed E-state index contributed by atoms with van der Waals surface area (Å²) < 4.78 is 30.4. The number of phenolic OH excluding ortho intramolecular Hbond substituents is 1. The van der Waals surface area contributed by atoms with Gasteiger partial charge in [-0.1, -0.05) is 12.1 Å². The van der Waals surface area contributed by atoms with Crippen LogP contribution in [-0.2, 0) is 19.6 Å². The van der Waals surface area contributed by atoms with Crippen molar-refractivity contribution < 1.29 is 23.1 Å². The van der Waals surface area contributed by atoms with Crippen LogP contribution in [0.4, 0.5) is 5.69 Å². The number of carbonyl (C=O) groups excluding carboxylic acids is 1. The van der Waals surface area contributed by atoms with Crippen LogP contribution in [0.1, 0.15) is 18.9 Å². The average molecular weight is 287 g/mol. The van der Waals surface area contributed by atoms with Gasteiger partial charge in [0.05, 0.1) is 24.5 Å². The number of ether oxygens (including phenoxy) is 1. The summed E-state index contributed by atoms with van der Waals surface area (Å²) in [5.41, 5.74) is 0.662. The van der Waals surface area contributed by atoms with Crippen LogP contribution >= 0.6 is 0 Å². The molecule has 0 spiro atoms.